The van der Waals surface area contributed by atoms with Crippen LogP contribution in [0.25, 0.3) is 0 Å². The maximum atomic E-state index is 5.33. The van der Waals surface area contributed by atoms with Crippen LogP contribution in [-0.4, -0.2) is 30.7 Å². The van der Waals surface area contributed by atoms with Gasteiger partial charge in [-0.1, -0.05) is 0 Å². The van der Waals surface area contributed by atoms with E-state index in [9.17, 15) is 0 Å². The molecule has 3 aromatic carbocycles. The van der Waals surface area contributed by atoms with Crippen molar-refractivity contribution in [1.29, 1.82) is 0 Å². The molecule has 0 heterocycles. The molecule has 1 N–H and O–H groups in total. The van der Waals surface area contributed by atoms with Gasteiger partial charge in [-0.05, 0) is 0 Å². The molecule has 0 aliphatic carbocycles. The number of nitrogens with zero attached hydrogens (tertiary/aromatic N) is 1. The van der Waals surface area contributed by atoms with Gasteiger partial charge in [-0.3, -0.25) is 0 Å². The first-order valence-electron chi connectivity index (χ1n) is 10.8. The molecule has 0 aliphatic heterocycles. The molecular weight excluding hydrogens is 480 g/mol. The van der Waals surface area contributed by atoms with E-state index >= 15 is 0 Å². The summed E-state index contributed by atoms with van der Waals surface area (Å²) >= 11 is -0.564. The van der Waals surface area contributed by atoms with Crippen molar-refractivity contribution in [2.45, 2.75) is 52.6 Å². The third kappa shape index (κ3) is 6.81. The standard InChI is InChI=1S/C27H32N2Te/c1-4-5-19-25(28-20-23-15-8-6-9-16-23)27(30-24-17-10-7-11-18-24)29-26-21(2)13-12-14-22(26)3/h6-18,25,28H,4-5,19-20H2,1-3H3. The zero-order valence-corrected chi connectivity index (χ0v) is 20.6. The zero-order chi connectivity index (χ0) is 21.2. The number of hydrogen-bond donors (Lipinski definition) is 1. The Hall–Kier alpha value is -1.92. The minimum atomic E-state index is -0.564. The number of benzene rings is 3. The van der Waals surface area contributed by atoms with Gasteiger partial charge in [-0.15, -0.1) is 0 Å². The van der Waals surface area contributed by atoms with Crippen molar-refractivity contribution in [3.05, 3.63) is 95.6 Å². The summed E-state index contributed by atoms with van der Waals surface area (Å²) in [4.78, 5) is 5.33. The third-order valence-corrected chi connectivity index (χ3v) is 8.29. The molecule has 0 bridgehead atoms. The topological polar surface area (TPSA) is 24.4 Å². The molecule has 0 saturated carbocycles. The van der Waals surface area contributed by atoms with Crippen molar-refractivity contribution in [3.63, 3.8) is 0 Å². The van der Waals surface area contributed by atoms with Crippen LogP contribution in [0.5, 0.6) is 0 Å². The molecule has 0 fully saturated rings. The van der Waals surface area contributed by atoms with Crippen LogP contribution >= 0.6 is 0 Å². The first-order valence-corrected chi connectivity index (χ1v) is 13.2. The molecule has 0 amide bonds. The molecule has 0 aromatic heterocycles. The molecule has 3 rings (SSSR count). The molecule has 1 unspecified atom stereocenters. The molecule has 0 saturated heterocycles. The number of para-hydroxylation sites is 1. The van der Waals surface area contributed by atoms with E-state index < -0.39 is 20.9 Å². The normalized spacial score (nSPS) is 12.7. The zero-order valence-electron chi connectivity index (χ0n) is 18.3. The number of nitrogens with one attached hydrogen (secondary N) is 1. The second-order valence-corrected chi connectivity index (χ2v) is 10.8. The van der Waals surface area contributed by atoms with Crippen LogP contribution < -0.4 is 8.93 Å². The SMILES string of the molecule is CCCCC(NCc1ccccc1)C(=Nc1c(C)cccc1C)[Te]c1ccccc1. The van der Waals surface area contributed by atoms with Gasteiger partial charge in [0.05, 0.1) is 0 Å². The van der Waals surface area contributed by atoms with E-state index in [-0.39, 0.29) is 0 Å². The first-order chi connectivity index (χ1) is 14.7. The van der Waals surface area contributed by atoms with Gasteiger partial charge in [0.2, 0.25) is 0 Å². The predicted molar refractivity (Wildman–Crippen MR) is 131 cm³/mol. The van der Waals surface area contributed by atoms with E-state index in [2.05, 4.69) is 105 Å². The Labute approximate surface area is 191 Å². The second kappa shape index (κ2) is 12.1. The molecule has 3 aromatic rings. The van der Waals surface area contributed by atoms with Gasteiger partial charge in [0.1, 0.15) is 0 Å². The predicted octanol–water partition coefficient (Wildman–Crippen LogP) is 5.71. The fourth-order valence-electron chi connectivity index (χ4n) is 3.43. The Bertz CT molecular complexity index is 915. The summed E-state index contributed by atoms with van der Waals surface area (Å²) < 4.78 is 2.80. The molecule has 2 nitrogen and oxygen atoms in total. The van der Waals surface area contributed by atoms with E-state index in [0.717, 1.165) is 18.7 Å². The van der Waals surface area contributed by atoms with Gasteiger partial charge >= 0.3 is 192 Å². The average Bonchev–Trinajstić information content (AvgIpc) is 2.77. The number of unbranched alkanes of at least 4 members (excludes halogenated alkanes) is 1. The van der Waals surface area contributed by atoms with Gasteiger partial charge < -0.3 is 0 Å². The van der Waals surface area contributed by atoms with Crippen LogP contribution in [-0.2, 0) is 6.54 Å². The summed E-state index contributed by atoms with van der Waals surface area (Å²) in [7, 11) is 0. The Kier molecular flexibility index (Phi) is 9.15. The second-order valence-electron chi connectivity index (χ2n) is 7.67. The molecule has 156 valence electrons. The fraction of sp³-hybridized carbons (Fsp3) is 0.296. The maximum absolute atomic E-state index is 5.33. The van der Waals surface area contributed by atoms with Gasteiger partial charge in [-0.25, -0.2) is 0 Å². The van der Waals surface area contributed by atoms with Gasteiger partial charge in [0.25, 0.3) is 0 Å². The van der Waals surface area contributed by atoms with Crippen LogP contribution in [0.1, 0.15) is 42.9 Å². The van der Waals surface area contributed by atoms with Crippen LogP contribution in [0.4, 0.5) is 5.69 Å². The van der Waals surface area contributed by atoms with Crippen LogP contribution in [0.3, 0.4) is 0 Å². The van der Waals surface area contributed by atoms with E-state index in [1.165, 1.54) is 36.9 Å². The molecular formula is C27H32N2Te. The average molecular weight is 512 g/mol. The molecule has 0 spiro atoms. The van der Waals surface area contributed by atoms with Gasteiger partial charge in [0, 0.05) is 0 Å². The molecule has 3 heteroatoms. The van der Waals surface area contributed by atoms with Crippen LogP contribution in [0.2, 0.25) is 0 Å². The number of hydrogen-bond acceptors (Lipinski definition) is 2. The van der Waals surface area contributed by atoms with Crippen LogP contribution in [0.15, 0.2) is 83.9 Å². The fourth-order valence-corrected chi connectivity index (χ4v) is 6.33. The van der Waals surface area contributed by atoms with Crippen molar-refractivity contribution >= 4 is 34.0 Å². The monoisotopic (exact) mass is 514 g/mol. The Morgan fingerprint density at radius 1 is 0.867 bits per heavy atom. The summed E-state index contributed by atoms with van der Waals surface area (Å²) in [5, 5.41) is 3.85. The van der Waals surface area contributed by atoms with Gasteiger partial charge in [-0.2, -0.15) is 0 Å². The Balaban J connectivity index is 1.94. The van der Waals surface area contributed by atoms with Gasteiger partial charge in [0.15, 0.2) is 0 Å². The Morgan fingerprint density at radius 2 is 1.50 bits per heavy atom. The molecule has 30 heavy (non-hydrogen) atoms. The minimum absolute atomic E-state index is 0.312. The Morgan fingerprint density at radius 3 is 2.13 bits per heavy atom. The summed E-state index contributed by atoms with van der Waals surface area (Å²) in [6.45, 7) is 7.49. The van der Waals surface area contributed by atoms with Crippen molar-refractivity contribution in [2.75, 3.05) is 0 Å². The molecule has 0 aliphatic rings. The number of rotatable bonds is 10. The summed E-state index contributed by atoms with van der Waals surface area (Å²) in [6, 6.07) is 28.4. The van der Waals surface area contributed by atoms with E-state index in [4.69, 9.17) is 4.99 Å². The van der Waals surface area contributed by atoms with Crippen LogP contribution in [0, 0.1) is 13.8 Å². The summed E-state index contributed by atoms with van der Waals surface area (Å²) in [5.74, 6) is 0. The number of aryl methyl sites for hydroxylation is 2. The van der Waals surface area contributed by atoms with Crippen molar-refractivity contribution in [2.24, 2.45) is 4.99 Å². The van der Waals surface area contributed by atoms with Crippen molar-refractivity contribution in [1.82, 2.24) is 5.32 Å². The molecule has 1 atom stereocenters. The first kappa shape index (κ1) is 22.8. The third-order valence-electron chi connectivity index (χ3n) is 5.17. The van der Waals surface area contributed by atoms with Crippen molar-refractivity contribution in [3.8, 4) is 0 Å². The molecule has 0 radical (unpaired) electrons. The van der Waals surface area contributed by atoms with E-state index in [0.29, 0.717) is 6.04 Å². The number of aliphatic imine (C=N–C) groups is 1. The van der Waals surface area contributed by atoms with E-state index in [1.54, 1.807) is 0 Å². The summed E-state index contributed by atoms with van der Waals surface area (Å²) in [5.41, 5.74) is 4.98. The quantitative estimate of drug-likeness (QED) is 0.273. The van der Waals surface area contributed by atoms with Crippen molar-refractivity contribution < 1.29 is 0 Å². The van der Waals surface area contributed by atoms with E-state index in [1.807, 2.05) is 0 Å². The summed E-state index contributed by atoms with van der Waals surface area (Å²) in [6.07, 6.45) is 3.54.